The fourth-order valence-corrected chi connectivity index (χ4v) is 6.45. The number of aliphatic carboxylic acids is 1. The summed E-state index contributed by atoms with van der Waals surface area (Å²) < 4.78 is 45.7. The lowest BCUT2D eigenvalue weighted by Crippen LogP contribution is -2.71. The highest BCUT2D eigenvalue weighted by atomic mass is 32.2. The van der Waals surface area contributed by atoms with Crippen LogP contribution in [0.3, 0.4) is 0 Å². The molecule has 2 aliphatic rings. The molecule has 3 aromatic heterocycles. The summed E-state index contributed by atoms with van der Waals surface area (Å²) in [6.45, 7) is 1.76. The van der Waals surface area contributed by atoms with Gasteiger partial charge in [-0.1, -0.05) is 5.16 Å². The molecule has 20 heteroatoms. The highest BCUT2D eigenvalue weighted by Gasteiger charge is 2.53. The van der Waals surface area contributed by atoms with Crippen LogP contribution in [0.2, 0.25) is 0 Å². The maximum Gasteiger partial charge on any atom is 0.403 e. The van der Waals surface area contributed by atoms with Crippen molar-refractivity contribution < 1.29 is 42.1 Å². The van der Waals surface area contributed by atoms with Crippen LogP contribution >= 0.6 is 23.3 Å². The summed E-state index contributed by atoms with van der Waals surface area (Å²) in [6.07, 6.45) is -1.86. The monoisotopic (exact) mass is 654 g/mol. The predicted octanol–water partition coefficient (Wildman–Crippen LogP) is -1.12. The average Bonchev–Trinajstić information content (AvgIpc) is 3.60. The van der Waals surface area contributed by atoms with Crippen LogP contribution in [0.15, 0.2) is 41.1 Å². The number of thioether (sulfide) groups is 1. The normalized spacial score (nSPS) is 19.5. The van der Waals surface area contributed by atoms with E-state index in [2.05, 4.69) is 24.8 Å². The second-order valence-corrected chi connectivity index (χ2v) is 11.5. The van der Waals surface area contributed by atoms with Crippen molar-refractivity contribution in [1.29, 1.82) is 0 Å². The number of hydrogen-bond acceptors (Lipinski definition) is 13. The van der Waals surface area contributed by atoms with Gasteiger partial charge in [-0.15, -0.1) is 11.8 Å². The molecular formula is C24H25F3N10O5S2. The zero-order chi connectivity index (χ0) is 31.8. The lowest BCUT2D eigenvalue weighted by Gasteiger charge is -2.50. The number of aryl methyl sites for hydroxylation is 1. The first-order valence-corrected chi connectivity index (χ1v) is 14.9. The summed E-state index contributed by atoms with van der Waals surface area (Å²) in [5.41, 5.74) is 11.5. The topological polar surface area (TPSA) is 211 Å². The number of pyridine rings is 1. The first-order valence-electron chi connectivity index (χ1n) is 13.0. The van der Waals surface area contributed by atoms with Gasteiger partial charge in [0.15, 0.2) is 5.13 Å². The molecule has 3 aromatic rings. The number of nitrogens with two attached hydrogens (primary N) is 2. The van der Waals surface area contributed by atoms with Gasteiger partial charge in [-0.2, -0.15) is 22.5 Å². The van der Waals surface area contributed by atoms with Crippen molar-refractivity contribution in [2.75, 3.05) is 18.1 Å². The van der Waals surface area contributed by atoms with Gasteiger partial charge in [-0.25, -0.2) is 4.57 Å². The van der Waals surface area contributed by atoms with Crippen molar-refractivity contribution in [3.8, 4) is 0 Å². The molecule has 1 saturated heterocycles. The number of imidazole rings is 1. The fourth-order valence-electron chi connectivity index (χ4n) is 4.68. The number of nitrogens with one attached hydrogen (secondary N) is 1. The van der Waals surface area contributed by atoms with E-state index in [0.29, 0.717) is 16.7 Å². The van der Waals surface area contributed by atoms with Crippen LogP contribution in [0.5, 0.6) is 0 Å². The van der Waals surface area contributed by atoms with Crippen molar-refractivity contribution in [1.82, 2.24) is 29.1 Å². The third kappa shape index (κ3) is 6.04. The number of carboxylic acid groups (broad SMARTS) is 1. The average molecular weight is 655 g/mol. The molecule has 2 aliphatic heterocycles. The zero-order valence-electron chi connectivity index (χ0n) is 22.9. The maximum absolute atomic E-state index is 13.2. The number of rotatable bonds is 11. The maximum atomic E-state index is 13.2. The number of aromatic nitrogens is 5. The van der Waals surface area contributed by atoms with Gasteiger partial charge in [0.1, 0.15) is 36.1 Å². The lowest BCUT2D eigenvalue weighted by atomic mass is 10.0. The number of nitrogens with zero attached hydrogens (tertiary/aromatic N) is 7. The van der Waals surface area contributed by atoms with Crippen LogP contribution in [-0.2, 0) is 32.3 Å². The standard InChI is InChI=1S/C24H25F3N10O5S2/c1-2-42-33-14(17-32-23(29)44-34-17)19(38)31-15-20(39)37-16(22(40)41)11(9-43-21(15)37)8-35-6-3-4-12-18(35)30-10-36(12)7-5-13(28)24(25,26)27/h3-4,6,10,13,15,21H,2,5,7-9,28H2,1H3,(H3-,29,31,32,34,38,40,41)/b33-14-. The molecule has 0 aliphatic carbocycles. The molecule has 0 bridgehead atoms. The largest absolute Gasteiger partial charge is 0.543 e. The Bertz CT molecular complexity index is 1670. The van der Waals surface area contributed by atoms with E-state index in [1.807, 2.05) is 0 Å². The summed E-state index contributed by atoms with van der Waals surface area (Å²) in [5, 5.41) is 17.9. The second kappa shape index (κ2) is 12.4. The molecule has 0 radical (unpaired) electrons. The van der Waals surface area contributed by atoms with Crippen LogP contribution in [0.4, 0.5) is 18.3 Å². The number of carbonyl (C=O) groups excluding carboxylic acids is 3. The molecule has 0 aromatic carbocycles. The Labute approximate surface area is 254 Å². The number of alkyl halides is 3. The third-order valence-corrected chi connectivity index (χ3v) is 8.68. The minimum absolute atomic E-state index is 0.00232. The molecule has 3 atom stereocenters. The number of halogens is 3. The van der Waals surface area contributed by atoms with E-state index < -0.39 is 41.4 Å². The van der Waals surface area contributed by atoms with Crippen LogP contribution in [0, 0.1) is 0 Å². The zero-order valence-corrected chi connectivity index (χ0v) is 24.5. The van der Waals surface area contributed by atoms with E-state index >= 15 is 0 Å². The van der Waals surface area contributed by atoms with Gasteiger partial charge in [-0.3, -0.25) is 14.5 Å². The Kier molecular flexibility index (Phi) is 8.75. The molecule has 5 N–H and O–H groups in total. The van der Waals surface area contributed by atoms with Gasteiger partial charge in [0, 0.05) is 29.4 Å². The first-order chi connectivity index (χ1) is 20.9. The number of oxime groups is 1. The smallest absolute Gasteiger partial charge is 0.403 e. The molecule has 15 nitrogen and oxygen atoms in total. The van der Waals surface area contributed by atoms with Gasteiger partial charge in [0.25, 0.3) is 11.8 Å². The first kappa shape index (κ1) is 31.1. The molecule has 5 heterocycles. The number of nitrogen functional groups attached to an aromatic ring is 1. The number of fused-ring (bicyclic) bond motifs is 2. The Morgan fingerprint density at radius 1 is 1.39 bits per heavy atom. The summed E-state index contributed by atoms with van der Waals surface area (Å²) in [4.78, 5) is 52.8. The van der Waals surface area contributed by atoms with Crippen LogP contribution < -0.4 is 26.5 Å². The van der Waals surface area contributed by atoms with E-state index in [-0.39, 0.29) is 54.2 Å². The van der Waals surface area contributed by atoms with Crippen LogP contribution in [-0.4, -0.2) is 83.3 Å². The molecule has 0 saturated carbocycles. The van der Waals surface area contributed by atoms with Crippen molar-refractivity contribution in [3.63, 3.8) is 0 Å². The van der Waals surface area contributed by atoms with Crippen molar-refractivity contribution in [3.05, 3.63) is 41.8 Å². The summed E-state index contributed by atoms with van der Waals surface area (Å²) in [6, 6.07) is 0.242. The summed E-state index contributed by atoms with van der Waals surface area (Å²) in [5.74, 6) is -2.99. The molecule has 44 heavy (non-hydrogen) atoms. The number of hydrogen-bond donors (Lipinski definition) is 3. The molecule has 2 amide bonds. The predicted molar refractivity (Wildman–Crippen MR) is 148 cm³/mol. The lowest BCUT2D eigenvalue weighted by molar-refractivity contribution is -0.664. The van der Waals surface area contributed by atoms with Crippen LogP contribution in [0.1, 0.15) is 19.2 Å². The SMILES string of the molecule is CCO/N=C(\C(=O)NC1C(=O)N2C(C(=O)[O-])=C(C[n+]3cccc4c3ncn4CCC(N)C(F)(F)F)CSC12)c1nsc(N)n1. The minimum atomic E-state index is -4.52. The van der Waals surface area contributed by atoms with E-state index in [1.165, 1.54) is 22.7 Å². The summed E-state index contributed by atoms with van der Waals surface area (Å²) in [7, 11) is 0. The Balaban J connectivity index is 1.34. The highest BCUT2D eigenvalue weighted by Crippen LogP contribution is 2.40. The molecule has 0 spiro atoms. The number of β-lactam (4-membered cyclic amide) rings is 1. The van der Waals surface area contributed by atoms with E-state index in [1.54, 1.807) is 29.8 Å². The van der Waals surface area contributed by atoms with Gasteiger partial charge in [0.05, 0.1) is 17.9 Å². The molecule has 5 rings (SSSR count). The van der Waals surface area contributed by atoms with Crippen molar-refractivity contribution >= 4 is 63.1 Å². The van der Waals surface area contributed by atoms with Gasteiger partial charge >= 0.3 is 11.8 Å². The fraction of sp³-hybridized carbons (Fsp3) is 0.417. The van der Waals surface area contributed by atoms with Crippen molar-refractivity contribution in [2.24, 2.45) is 10.9 Å². The number of carboxylic acids is 1. The molecular weight excluding hydrogens is 629 g/mol. The Morgan fingerprint density at radius 3 is 2.82 bits per heavy atom. The highest BCUT2D eigenvalue weighted by molar-refractivity contribution is 8.00. The van der Waals surface area contributed by atoms with Crippen molar-refractivity contribution in [2.45, 2.75) is 50.1 Å². The third-order valence-electron chi connectivity index (χ3n) is 6.79. The van der Waals surface area contributed by atoms with Gasteiger partial charge in [-0.05, 0) is 30.5 Å². The number of carbonyl (C=O) groups is 3. The molecule has 234 valence electrons. The van der Waals surface area contributed by atoms with E-state index in [4.69, 9.17) is 16.3 Å². The van der Waals surface area contributed by atoms with Gasteiger partial charge < -0.3 is 36.1 Å². The van der Waals surface area contributed by atoms with Crippen LogP contribution in [0.25, 0.3) is 11.2 Å². The Hall–Kier alpha value is -4.30. The number of anilines is 1. The molecule has 3 unspecified atom stereocenters. The summed E-state index contributed by atoms with van der Waals surface area (Å²) >= 11 is 2.07. The van der Waals surface area contributed by atoms with E-state index in [0.717, 1.165) is 16.4 Å². The number of amides is 2. The van der Waals surface area contributed by atoms with Gasteiger partial charge in [0.2, 0.25) is 17.9 Å². The minimum Gasteiger partial charge on any atom is -0.543 e. The second-order valence-electron chi connectivity index (χ2n) is 9.63. The quantitative estimate of drug-likeness (QED) is 0.0976. The molecule has 1 fully saturated rings. The van der Waals surface area contributed by atoms with E-state index in [9.17, 15) is 32.7 Å². The Morgan fingerprint density at radius 2 is 2.16 bits per heavy atom.